The van der Waals surface area contributed by atoms with E-state index in [0.29, 0.717) is 17.3 Å². The molecular weight excluding hydrogens is 604 g/mol. The summed E-state index contributed by atoms with van der Waals surface area (Å²) in [6, 6.07) is 26.7. The van der Waals surface area contributed by atoms with E-state index in [9.17, 15) is 19.8 Å². The standard InChI is InChI=1S/C36H36N2O7S/c1-3-17-43-36(42)38-20-25-7-4-8-27(18-25)28-9-5-10-29(19-28)35-44-31(22-46-33-30(34(40)41)11-6-16-37-33)23(2)32(45-35)26-14-12-24(21-39)13-15-26/h3-16,18-19,23,31-32,35,39H,1,17,20-22H2,2H3,(H,38,42)(H,40,41)/t23-,31+,32+,35+/m0/s1. The van der Waals surface area contributed by atoms with Crippen molar-refractivity contribution in [2.75, 3.05) is 12.4 Å². The molecule has 1 aliphatic heterocycles. The first-order chi connectivity index (χ1) is 22.4. The number of carboxylic acid groups (broad SMARTS) is 1. The normalized spacial score (nSPS) is 19.3. The van der Waals surface area contributed by atoms with Crippen LogP contribution in [0.25, 0.3) is 11.1 Å². The van der Waals surface area contributed by atoms with E-state index in [-0.39, 0.29) is 36.9 Å². The fourth-order valence-electron chi connectivity index (χ4n) is 5.23. The summed E-state index contributed by atoms with van der Waals surface area (Å²) in [7, 11) is 0. The average molecular weight is 641 g/mol. The SMILES string of the molecule is C=CCOC(=O)NCc1cccc(-c2cccc([C@@H]3O[C@H](CSc4ncccc4C(=O)O)[C@H](C)[C@H](c4ccc(CO)cc4)O3)c2)c1. The van der Waals surface area contributed by atoms with Crippen LogP contribution in [0.3, 0.4) is 0 Å². The lowest BCUT2D eigenvalue weighted by Crippen LogP contribution is -2.38. The molecule has 9 nitrogen and oxygen atoms in total. The number of nitrogens with zero attached hydrogens (tertiary/aromatic N) is 1. The summed E-state index contributed by atoms with van der Waals surface area (Å²) in [5, 5.41) is 22.4. The summed E-state index contributed by atoms with van der Waals surface area (Å²) in [4.78, 5) is 28.0. The van der Waals surface area contributed by atoms with Crippen LogP contribution in [-0.4, -0.2) is 45.7 Å². The smallest absolute Gasteiger partial charge is 0.407 e. The number of pyridine rings is 1. The first-order valence-electron chi connectivity index (χ1n) is 14.9. The van der Waals surface area contributed by atoms with Gasteiger partial charge in [-0.15, -0.1) is 11.8 Å². The van der Waals surface area contributed by atoms with Gasteiger partial charge in [-0.1, -0.05) is 80.2 Å². The van der Waals surface area contributed by atoms with Crippen molar-refractivity contribution in [3.63, 3.8) is 0 Å². The number of aromatic carboxylic acids is 1. The van der Waals surface area contributed by atoms with Crippen LogP contribution in [0.4, 0.5) is 4.79 Å². The molecule has 0 radical (unpaired) electrons. The zero-order valence-electron chi connectivity index (χ0n) is 25.4. The monoisotopic (exact) mass is 640 g/mol. The van der Waals surface area contributed by atoms with Crippen LogP contribution < -0.4 is 5.32 Å². The Morgan fingerprint density at radius 3 is 2.48 bits per heavy atom. The Balaban J connectivity index is 1.39. The molecule has 4 atom stereocenters. The van der Waals surface area contributed by atoms with Crippen LogP contribution in [0.15, 0.2) is 109 Å². The summed E-state index contributed by atoms with van der Waals surface area (Å²) < 4.78 is 18.2. The minimum Gasteiger partial charge on any atom is -0.478 e. The number of carbonyl (C=O) groups is 2. The van der Waals surface area contributed by atoms with Crippen molar-refractivity contribution in [2.24, 2.45) is 5.92 Å². The number of benzene rings is 3. The van der Waals surface area contributed by atoms with Crippen LogP contribution in [0.5, 0.6) is 0 Å². The van der Waals surface area contributed by atoms with Crippen molar-refractivity contribution in [1.29, 1.82) is 0 Å². The maximum atomic E-state index is 11.9. The fourth-order valence-corrected chi connectivity index (χ4v) is 6.38. The number of aromatic nitrogens is 1. The van der Waals surface area contributed by atoms with E-state index in [2.05, 4.69) is 23.8 Å². The predicted molar refractivity (Wildman–Crippen MR) is 175 cm³/mol. The number of alkyl carbamates (subject to hydrolysis) is 1. The first-order valence-corrected chi connectivity index (χ1v) is 15.9. The van der Waals surface area contributed by atoms with Gasteiger partial charge in [0.1, 0.15) is 11.6 Å². The Labute approximate surface area is 272 Å². The first kappa shape index (κ1) is 32.9. The molecule has 1 fully saturated rings. The van der Waals surface area contributed by atoms with E-state index in [1.807, 2.05) is 72.8 Å². The molecule has 2 heterocycles. The molecule has 5 rings (SSSR count). The summed E-state index contributed by atoms with van der Waals surface area (Å²) >= 11 is 1.35. The number of ether oxygens (including phenoxy) is 3. The van der Waals surface area contributed by atoms with Crippen molar-refractivity contribution < 1.29 is 34.0 Å². The van der Waals surface area contributed by atoms with E-state index in [4.69, 9.17) is 14.2 Å². The van der Waals surface area contributed by atoms with Crippen molar-refractivity contribution >= 4 is 23.8 Å². The molecule has 0 saturated carbocycles. The number of rotatable bonds is 12. The van der Waals surface area contributed by atoms with Crippen LogP contribution in [0.2, 0.25) is 0 Å². The van der Waals surface area contributed by atoms with E-state index in [1.54, 1.807) is 18.3 Å². The molecule has 4 aromatic rings. The molecule has 3 aromatic carbocycles. The highest BCUT2D eigenvalue weighted by Gasteiger charge is 2.38. The highest BCUT2D eigenvalue weighted by molar-refractivity contribution is 7.99. The Morgan fingerprint density at radius 1 is 0.978 bits per heavy atom. The topological polar surface area (TPSA) is 127 Å². The molecule has 0 unspecified atom stereocenters. The van der Waals surface area contributed by atoms with E-state index < -0.39 is 18.4 Å². The zero-order valence-corrected chi connectivity index (χ0v) is 26.2. The van der Waals surface area contributed by atoms with Gasteiger partial charge in [0.05, 0.1) is 24.4 Å². The van der Waals surface area contributed by atoms with Crippen LogP contribution >= 0.6 is 11.8 Å². The Hall–Kier alpha value is -4.48. The van der Waals surface area contributed by atoms with Crippen molar-refractivity contribution in [1.82, 2.24) is 10.3 Å². The Bertz CT molecular complexity index is 1660. The van der Waals surface area contributed by atoms with Gasteiger partial charge in [-0.2, -0.15) is 0 Å². The number of amides is 1. The number of carboxylic acids is 1. The number of hydrogen-bond acceptors (Lipinski definition) is 8. The van der Waals surface area contributed by atoms with Gasteiger partial charge >= 0.3 is 12.1 Å². The van der Waals surface area contributed by atoms with Crippen molar-refractivity contribution in [3.05, 3.63) is 132 Å². The molecule has 1 amide bonds. The van der Waals surface area contributed by atoms with E-state index >= 15 is 0 Å². The second-order valence-electron chi connectivity index (χ2n) is 10.9. The van der Waals surface area contributed by atoms with E-state index in [1.165, 1.54) is 17.8 Å². The van der Waals surface area contributed by atoms with Crippen LogP contribution in [0.1, 0.15) is 51.9 Å². The summed E-state index contributed by atoms with van der Waals surface area (Å²) in [5.41, 5.74) is 5.58. The quantitative estimate of drug-likeness (QED) is 0.112. The third-order valence-electron chi connectivity index (χ3n) is 7.70. The van der Waals surface area contributed by atoms with Gasteiger partial charge in [-0.3, -0.25) is 0 Å². The highest BCUT2D eigenvalue weighted by atomic mass is 32.2. The molecule has 238 valence electrons. The number of hydrogen-bond donors (Lipinski definition) is 3. The summed E-state index contributed by atoms with van der Waals surface area (Å²) in [6.07, 6.45) is 1.27. The van der Waals surface area contributed by atoms with Crippen molar-refractivity contribution in [3.8, 4) is 11.1 Å². The molecule has 46 heavy (non-hydrogen) atoms. The lowest BCUT2D eigenvalue weighted by Gasteiger charge is -2.41. The van der Waals surface area contributed by atoms with Gasteiger partial charge in [0.25, 0.3) is 0 Å². The Kier molecular flexibility index (Phi) is 11.2. The second-order valence-corrected chi connectivity index (χ2v) is 11.9. The molecule has 1 aromatic heterocycles. The predicted octanol–water partition coefficient (Wildman–Crippen LogP) is 6.94. The van der Waals surface area contributed by atoms with Crippen LogP contribution in [0, 0.1) is 5.92 Å². The van der Waals surface area contributed by atoms with Gasteiger partial charge in [0.2, 0.25) is 0 Å². The van der Waals surface area contributed by atoms with Gasteiger partial charge in [0, 0.05) is 30.0 Å². The Morgan fingerprint density at radius 2 is 1.74 bits per heavy atom. The third kappa shape index (κ3) is 8.21. The maximum Gasteiger partial charge on any atom is 0.407 e. The number of aliphatic hydroxyl groups excluding tert-OH is 1. The van der Waals surface area contributed by atoms with Gasteiger partial charge in [-0.05, 0) is 52.1 Å². The highest BCUT2D eigenvalue weighted by Crippen LogP contribution is 2.43. The lowest BCUT2D eigenvalue weighted by atomic mass is 9.91. The van der Waals surface area contributed by atoms with Gasteiger partial charge in [0.15, 0.2) is 6.29 Å². The number of carbonyl (C=O) groups excluding carboxylic acids is 1. The maximum absolute atomic E-state index is 11.9. The molecule has 1 saturated heterocycles. The molecule has 0 aliphatic carbocycles. The van der Waals surface area contributed by atoms with Gasteiger partial charge < -0.3 is 29.7 Å². The molecule has 3 N–H and O–H groups in total. The van der Waals surface area contributed by atoms with E-state index in [0.717, 1.165) is 33.4 Å². The summed E-state index contributed by atoms with van der Waals surface area (Å²) in [5.74, 6) is -0.639. The number of nitrogens with one attached hydrogen (secondary N) is 1. The van der Waals surface area contributed by atoms with Gasteiger partial charge in [-0.25, -0.2) is 14.6 Å². The molecule has 10 heteroatoms. The lowest BCUT2D eigenvalue weighted by molar-refractivity contribution is -0.268. The minimum absolute atomic E-state index is 0.0498. The second kappa shape index (κ2) is 15.7. The third-order valence-corrected chi connectivity index (χ3v) is 8.79. The number of aliphatic hydroxyl groups is 1. The largest absolute Gasteiger partial charge is 0.478 e. The molecule has 1 aliphatic rings. The number of thioether (sulfide) groups is 1. The summed E-state index contributed by atoms with van der Waals surface area (Å²) in [6.45, 7) is 6.01. The zero-order chi connectivity index (χ0) is 32.5. The fraction of sp³-hybridized carbons (Fsp3) is 0.250. The molecule has 0 bridgehead atoms. The molecular formula is C36H36N2O7S. The molecule has 0 spiro atoms. The average Bonchev–Trinajstić information content (AvgIpc) is 3.09. The minimum atomic E-state index is -1.03. The van der Waals surface area contributed by atoms with Crippen molar-refractivity contribution in [2.45, 2.75) is 43.6 Å². The van der Waals surface area contributed by atoms with Crippen LogP contribution in [-0.2, 0) is 27.4 Å².